The number of thiophene rings is 2. The third-order valence-electron chi connectivity index (χ3n) is 8.18. The van der Waals surface area contributed by atoms with Gasteiger partial charge in [-0.1, -0.05) is 35.0 Å². The summed E-state index contributed by atoms with van der Waals surface area (Å²) in [5.74, 6) is 13.5. The largest absolute Gasteiger partial charge is 0.378 e. The first-order valence-corrected chi connectivity index (χ1v) is 17.3. The van der Waals surface area contributed by atoms with Gasteiger partial charge in [0.2, 0.25) is 0 Å². The predicted molar refractivity (Wildman–Crippen MR) is 203 cm³/mol. The van der Waals surface area contributed by atoms with Crippen molar-refractivity contribution in [2.75, 3.05) is 19.0 Å². The number of rotatable bonds is 3. The van der Waals surface area contributed by atoms with Crippen molar-refractivity contribution in [2.24, 2.45) is 0 Å². The number of hydrogen-bond donors (Lipinski definition) is 4. The zero-order chi connectivity index (χ0) is 34.2. The molecule has 4 N–H and O–H groups in total. The predicted octanol–water partition coefficient (Wildman–Crippen LogP) is 5.24. The highest BCUT2D eigenvalue weighted by Crippen LogP contribution is 2.36. The van der Waals surface area contributed by atoms with Gasteiger partial charge in [-0.2, -0.15) is 0 Å². The van der Waals surface area contributed by atoms with E-state index in [1.807, 2.05) is 62.6 Å². The molecule has 0 unspecified atom stereocenters. The monoisotopic (exact) mass is 688 g/mol. The molecule has 50 heavy (non-hydrogen) atoms. The summed E-state index contributed by atoms with van der Waals surface area (Å²) >= 11 is 2.68. The Hall–Kier alpha value is -6.46. The van der Waals surface area contributed by atoms with E-state index in [4.69, 9.17) is 0 Å². The average Bonchev–Trinajstić information content (AvgIpc) is 3.95. The maximum absolute atomic E-state index is 11.2. The number of anilines is 1. The van der Waals surface area contributed by atoms with Gasteiger partial charge in [-0.15, -0.1) is 11.3 Å². The molecule has 8 nitrogen and oxygen atoms in total. The molecule has 0 fully saturated rings. The Bertz CT molecular complexity index is 2790. The second-order valence-corrected chi connectivity index (χ2v) is 14.0. The fraction of sp³-hybridized carbons (Fsp3) is 0.0500. The van der Waals surface area contributed by atoms with Gasteiger partial charge in [0, 0.05) is 58.4 Å². The van der Waals surface area contributed by atoms with Crippen molar-refractivity contribution in [1.29, 1.82) is 0 Å². The fourth-order valence-corrected chi connectivity index (χ4v) is 7.43. The number of fused-ring (bicyclic) bond motifs is 8. The van der Waals surface area contributed by atoms with Crippen molar-refractivity contribution in [2.45, 2.75) is 0 Å². The minimum atomic E-state index is -0.360. The Morgan fingerprint density at radius 3 is 1.76 bits per heavy atom. The van der Waals surface area contributed by atoms with Crippen molar-refractivity contribution in [3.8, 4) is 33.4 Å². The van der Waals surface area contributed by atoms with Gasteiger partial charge in [0.1, 0.15) is 0 Å². The quantitative estimate of drug-likeness (QED) is 0.116. The van der Waals surface area contributed by atoms with Crippen LogP contribution in [0.4, 0.5) is 10.7 Å². The molecule has 1 aliphatic rings. The number of benzene rings is 1. The minimum absolute atomic E-state index is 0.127. The lowest BCUT2D eigenvalue weighted by Crippen LogP contribution is -2.14. The molecule has 0 radical (unpaired) electrons. The molecule has 0 aliphatic carbocycles. The molecule has 8 bridgehead atoms. The molecule has 0 saturated carbocycles. The maximum atomic E-state index is 11.2. The summed E-state index contributed by atoms with van der Waals surface area (Å²) in [6.07, 6.45) is 4.13. The second kappa shape index (κ2) is 12.9. The van der Waals surface area contributed by atoms with Gasteiger partial charge in [-0.25, -0.2) is 0 Å². The molecule has 0 spiro atoms. The zero-order valence-electron chi connectivity index (χ0n) is 26.9. The topological polar surface area (TPSA) is 110 Å². The first kappa shape index (κ1) is 30.8. The van der Waals surface area contributed by atoms with E-state index in [2.05, 4.69) is 97.1 Å². The standard InChI is InChI=1S/C40H28N6O2S2/c1-45(2)30-10-3-25(4-11-30)5-14-32-34-16-6-26(41-34)23-28-8-18-36(43-28)33(37-19-9-29(44-37)24-27-7-17-35(32)42-27)15-12-31-13-20-38(49-31)39-21-22-40(50-39)46(47)48/h3-4,6-11,13,16-24,41-44H,1-2H3/b26-23-,27-24?,28-23?,29-24-,34-32-,35-32?,36-33?,37-33-. The number of hydrogen-bond acceptors (Lipinski definition) is 5. The van der Waals surface area contributed by atoms with E-state index < -0.39 is 0 Å². The summed E-state index contributed by atoms with van der Waals surface area (Å²) in [5.41, 5.74) is 7.40. The summed E-state index contributed by atoms with van der Waals surface area (Å²) in [7, 11) is 4.05. The van der Waals surface area contributed by atoms with Crippen LogP contribution >= 0.6 is 22.7 Å². The summed E-state index contributed by atoms with van der Waals surface area (Å²) in [6, 6.07) is 31.8. The molecule has 7 aromatic rings. The third kappa shape index (κ3) is 6.37. The van der Waals surface area contributed by atoms with E-state index in [9.17, 15) is 10.1 Å². The van der Waals surface area contributed by atoms with Crippen LogP contribution < -0.4 is 26.3 Å². The van der Waals surface area contributed by atoms with Crippen molar-refractivity contribution in [3.05, 3.63) is 162 Å². The smallest absolute Gasteiger partial charge is 0.324 e. The van der Waals surface area contributed by atoms with Crippen LogP contribution in [0.15, 0.2) is 97.1 Å². The number of aromatic amines is 4. The van der Waals surface area contributed by atoms with Gasteiger partial charge in [0.15, 0.2) is 0 Å². The molecule has 1 aromatic carbocycles. The molecule has 6 aromatic heterocycles. The Kier molecular flexibility index (Phi) is 7.94. The molecule has 0 atom stereocenters. The van der Waals surface area contributed by atoms with Crippen LogP contribution in [-0.4, -0.2) is 39.0 Å². The van der Waals surface area contributed by atoms with E-state index in [1.165, 1.54) is 22.7 Å². The van der Waals surface area contributed by atoms with Gasteiger partial charge >= 0.3 is 5.00 Å². The molecular weight excluding hydrogens is 661 g/mol. The fourth-order valence-electron chi connectivity index (χ4n) is 5.66. The minimum Gasteiger partial charge on any atom is -0.378 e. The second-order valence-electron chi connectivity index (χ2n) is 11.8. The lowest BCUT2D eigenvalue weighted by molar-refractivity contribution is -0.380. The summed E-state index contributed by atoms with van der Waals surface area (Å²) in [5, 5.41) is 14.9. The molecule has 0 saturated heterocycles. The number of nitrogens with one attached hydrogen (secondary N) is 4. The van der Waals surface area contributed by atoms with Crippen LogP contribution in [0, 0.1) is 33.8 Å². The Labute approximate surface area is 294 Å². The highest BCUT2D eigenvalue weighted by molar-refractivity contribution is 7.24. The average molecular weight is 689 g/mol. The molecule has 8 rings (SSSR count). The highest BCUT2D eigenvalue weighted by Gasteiger charge is 2.13. The third-order valence-corrected chi connectivity index (χ3v) is 10.4. The highest BCUT2D eigenvalue weighted by atomic mass is 32.1. The zero-order valence-corrected chi connectivity index (χ0v) is 28.6. The summed E-state index contributed by atoms with van der Waals surface area (Å²) < 4.78 is 0. The van der Waals surface area contributed by atoms with Crippen molar-refractivity contribution >= 4 is 56.7 Å². The van der Waals surface area contributed by atoms with Crippen LogP contribution in [0.5, 0.6) is 0 Å². The van der Waals surface area contributed by atoms with Gasteiger partial charge in [-0.3, -0.25) is 10.1 Å². The Morgan fingerprint density at radius 1 is 0.600 bits per heavy atom. The van der Waals surface area contributed by atoms with Gasteiger partial charge in [0.05, 0.1) is 47.9 Å². The van der Waals surface area contributed by atoms with E-state index in [-0.39, 0.29) is 9.92 Å². The van der Waals surface area contributed by atoms with E-state index in [1.54, 1.807) is 12.1 Å². The molecule has 10 heteroatoms. The molecule has 1 aliphatic heterocycles. The summed E-state index contributed by atoms with van der Waals surface area (Å²) in [6.45, 7) is 0. The number of H-pyrrole nitrogens is 4. The lowest BCUT2D eigenvalue weighted by atomic mass is 10.1. The van der Waals surface area contributed by atoms with E-state index in [0.717, 1.165) is 81.2 Å². The molecule has 0 amide bonds. The molecule has 7 heterocycles. The Balaban J connectivity index is 1.21. The number of nitro groups is 1. The summed E-state index contributed by atoms with van der Waals surface area (Å²) in [4.78, 5) is 29.8. The molecular formula is C40H28N6O2S2. The number of nitrogens with zero attached hydrogens (tertiary/aromatic N) is 2. The van der Waals surface area contributed by atoms with Crippen molar-refractivity contribution in [3.63, 3.8) is 0 Å². The van der Waals surface area contributed by atoms with E-state index >= 15 is 0 Å². The first-order valence-electron chi connectivity index (χ1n) is 15.7. The Morgan fingerprint density at radius 2 is 1.18 bits per heavy atom. The SMILES string of the molecule is CN(C)c1ccc(C#C/C2=c3\cc/c([nH]3)=C/c3ccc([nH]3)/C(C#Cc3ccc(-c4ccc([N+](=O)[O-])s4)s3)=c3/cc/c([nH]3)=C/c3ccc2[nH]3)cc1. The van der Waals surface area contributed by atoms with Crippen LogP contribution in [0.1, 0.15) is 33.2 Å². The van der Waals surface area contributed by atoms with Crippen LogP contribution in [-0.2, 0) is 0 Å². The van der Waals surface area contributed by atoms with Gasteiger partial charge in [-0.05, 0) is 103 Å². The van der Waals surface area contributed by atoms with Crippen molar-refractivity contribution < 1.29 is 4.92 Å². The number of aromatic nitrogens is 4. The van der Waals surface area contributed by atoms with Crippen molar-refractivity contribution in [1.82, 2.24) is 19.9 Å². The first-order chi connectivity index (χ1) is 24.3. The van der Waals surface area contributed by atoms with Crippen LogP contribution in [0.2, 0.25) is 0 Å². The van der Waals surface area contributed by atoms with Crippen LogP contribution in [0.3, 0.4) is 0 Å². The van der Waals surface area contributed by atoms with Gasteiger partial charge in [0.25, 0.3) is 0 Å². The molecule has 242 valence electrons. The van der Waals surface area contributed by atoms with Gasteiger partial charge < -0.3 is 24.8 Å². The maximum Gasteiger partial charge on any atom is 0.324 e. The lowest BCUT2D eigenvalue weighted by Gasteiger charge is -2.11. The van der Waals surface area contributed by atoms with E-state index in [0.29, 0.717) is 0 Å². The normalized spacial score (nSPS) is 15.4. The van der Waals surface area contributed by atoms with Crippen LogP contribution in [0.25, 0.3) is 33.1 Å².